The van der Waals surface area contributed by atoms with Gasteiger partial charge in [-0.1, -0.05) is 0 Å². The van der Waals surface area contributed by atoms with Gasteiger partial charge in [-0.3, -0.25) is 4.79 Å². The first kappa shape index (κ1) is 6.16. The van der Waals surface area contributed by atoms with Gasteiger partial charge in [0.2, 0.25) is 5.91 Å². The van der Waals surface area contributed by atoms with Crippen LogP contribution in [0.5, 0.6) is 0 Å². The molecule has 0 radical (unpaired) electrons. The lowest BCUT2D eigenvalue weighted by Crippen LogP contribution is -2.37. The molecule has 1 saturated heterocycles. The predicted octanol–water partition coefficient (Wildman–Crippen LogP) is -0.386. The molecule has 2 unspecified atom stereocenters. The maximum absolute atomic E-state index is 10.9. The fourth-order valence-corrected chi connectivity index (χ4v) is 1.92. The highest BCUT2D eigenvalue weighted by Gasteiger charge is 2.59. The number of nitrogens with one attached hydrogen (secondary N) is 1. The summed E-state index contributed by atoms with van der Waals surface area (Å²) in [6.45, 7) is 1.06. The Morgan fingerprint density at radius 2 is 2.50 bits per heavy atom. The number of primary amides is 1. The quantitative estimate of drug-likeness (QED) is 0.521. The molecule has 0 aromatic carbocycles. The van der Waals surface area contributed by atoms with Gasteiger partial charge in [-0.2, -0.15) is 0 Å². The number of amides is 1. The summed E-state index contributed by atoms with van der Waals surface area (Å²) < 4.78 is 0. The van der Waals surface area contributed by atoms with E-state index in [0.717, 1.165) is 25.8 Å². The van der Waals surface area contributed by atoms with Gasteiger partial charge < -0.3 is 11.1 Å². The normalized spacial score (nSPS) is 44.2. The highest BCUT2D eigenvalue weighted by atomic mass is 16.1. The van der Waals surface area contributed by atoms with Crippen molar-refractivity contribution in [2.45, 2.75) is 25.3 Å². The fourth-order valence-electron chi connectivity index (χ4n) is 1.92. The summed E-state index contributed by atoms with van der Waals surface area (Å²) in [5.41, 5.74) is 5.14. The van der Waals surface area contributed by atoms with E-state index in [1.807, 2.05) is 0 Å². The molecule has 1 aliphatic heterocycles. The van der Waals surface area contributed by atoms with Gasteiger partial charge in [-0.25, -0.2) is 0 Å². The number of carbonyl (C=O) groups is 1. The lowest BCUT2D eigenvalue weighted by molar-refractivity contribution is -0.123. The van der Waals surface area contributed by atoms with Crippen molar-refractivity contribution in [2.75, 3.05) is 6.54 Å². The second-order valence-electron chi connectivity index (χ2n) is 3.33. The van der Waals surface area contributed by atoms with Crippen LogP contribution in [0, 0.1) is 5.41 Å². The number of fused-ring (bicyclic) bond motifs is 1. The number of rotatable bonds is 1. The van der Waals surface area contributed by atoms with E-state index in [9.17, 15) is 4.79 Å². The molecular weight excluding hydrogens is 128 g/mol. The molecule has 56 valence electrons. The van der Waals surface area contributed by atoms with Crippen LogP contribution in [0.2, 0.25) is 0 Å². The Labute approximate surface area is 60.0 Å². The van der Waals surface area contributed by atoms with E-state index in [4.69, 9.17) is 5.73 Å². The van der Waals surface area contributed by atoms with Crippen molar-refractivity contribution in [3.63, 3.8) is 0 Å². The largest absolute Gasteiger partial charge is 0.369 e. The van der Waals surface area contributed by atoms with Gasteiger partial charge in [-0.15, -0.1) is 0 Å². The second kappa shape index (κ2) is 1.72. The monoisotopic (exact) mass is 140 g/mol. The molecular formula is C7H12N2O. The van der Waals surface area contributed by atoms with Gasteiger partial charge in [0, 0.05) is 6.04 Å². The first-order chi connectivity index (χ1) is 4.76. The number of carbonyl (C=O) groups excluding carboxylic acids is 1. The summed E-state index contributed by atoms with van der Waals surface area (Å²) in [6.07, 6.45) is 3.07. The van der Waals surface area contributed by atoms with Crippen molar-refractivity contribution < 1.29 is 4.79 Å². The Bertz CT molecular complexity index is 180. The third-order valence-electron chi connectivity index (χ3n) is 2.76. The molecule has 3 nitrogen and oxygen atoms in total. The van der Waals surface area contributed by atoms with E-state index >= 15 is 0 Å². The summed E-state index contributed by atoms with van der Waals surface area (Å²) in [7, 11) is 0. The summed E-state index contributed by atoms with van der Waals surface area (Å²) in [6, 6.07) is 0.416. The molecule has 0 spiro atoms. The van der Waals surface area contributed by atoms with E-state index in [1.54, 1.807) is 0 Å². The van der Waals surface area contributed by atoms with Crippen LogP contribution >= 0.6 is 0 Å². The van der Waals surface area contributed by atoms with E-state index in [1.165, 1.54) is 0 Å². The molecule has 2 fully saturated rings. The molecule has 3 N–H and O–H groups in total. The molecule has 2 atom stereocenters. The highest BCUT2D eigenvalue weighted by Crippen LogP contribution is 2.51. The fraction of sp³-hybridized carbons (Fsp3) is 0.857. The van der Waals surface area contributed by atoms with E-state index < -0.39 is 0 Å². The topological polar surface area (TPSA) is 55.1 Å². The number of hydrogen-bond acceptors (Lipinski definition) is 2. The first-order valence-electron chi connectivity index (χ1n) is 3.79. The van der Waals surface area contributed by atoms with Gasteiger partial charge in [0.15, 0.2) is 0 Å². The molecule has 1 aliphatic carbocycles. The average molecular weight is 140 g/mol. The standard InChI is InChI=1S/C7H12N2O/c8-6(10)7-2-1-3-9-5(7)4-7/h5,9H,1-4H2,(H2,8,10). The Morgan fingerprint density at radius 1 is 1.70 bits per heavy atom. The first-order valence-corrected chi connectivity index (χ1v) is 3.79. The minimum absolute atomic E-state index is 0.107. The van der Waals surface area contributed by atoms with Crippen molar-refractivity contribution in [3.05, 3.63) is 0 Å². The third-order valence-corrected chi connectivity index (χ3v) is 2.76. The molecule has 2 aliphatic rings. The predicted molar refractivity (Wildman–Crippen MR) is 37.3 cm³/mol. The van der Waals surface area contributed by atoms with Crippen molar-refractivity contribution in [2.24, 2.45) is 11.1 Å². The zero-order valence-corrected chi connectivity index (χ0v) is 5.89. The molecule has 1 heterocycles. The van der Waals surface area contributed by atoms with Crippen LogP contribution < -0.4 is 11.1 Å². The number of piperidine rings is 1. The minimum Gasteiger partial charge on any atom is -0.369 e. The zero-order chi connectivity index (χ0) is 7.19. The maximum Gasteiger partial charge on any atom is 0.225 e. The van der Waals surface area contributed by atoms with Crippen LogP contribution in [0.3, 0.4) is 0 Å². The third kappa shape index (κ3) is 0.611. The molecule has 1 saturated carbocycles. The van der Waals surface area contributed by atoms with E-state index in [0.29, 0.717) is 6.04 Å². The Kier molecular flexibility index (Phi) is 1.06. The summed E-state index contributed by atoms with van der Waals surface area (Å²) in [4.78, 5) is 10.9. The molecule has 0 aromatic heterocycles. The van der Waals surface area contributed by atoms with Crippen molar-refractivity contribution >= 4 is 5.91 Å². The Hall–Kier alpha value is -0.570. The van der Waals surface area contributed by atoms with Crippen LogP contribution in [0.15, 0.2) is 0 Å². The van der Waals surface area contributed by atoms with E-state index in [-0.39, 0.29) is 11.3 Å². The molecule has 1 amide bonds. The molecule has 3 heteroatoms. The van der Waals surface area contributed by atoms with Crippen LogP contribution in [0.4, 0.5) is 0 Å². The average Bonchev–Trinajstić information content (AvgIpc) is 2.61. The van der Waals surface area contributed by atoms with Crippen LogP contribution in [0.25, 0.3) is 0 Å². The Balaban J connectivity index is 2.12. The minimum atomic E-state index is -0.127. The number of hydrogen-bond donors (Lipinski definition) is 2. The lowest BCUT2D eigenvalue weighted by atomic mass is 9.96. The lowest BCUT2D eigenvalue weighted by Gasteiger charge is -2.18. The van der Waals surface area contributed by atoms with Gasteiger partial charge in [0.1, 0.15) is 0 Å². The van der Waals surface area contributed by atoms with Crippen molar-refractivity contribution in [1.82, 2.24) is 5.32 Å². The van der Waals surface area contributed by atoms with Gasteiger partial charge in [0.05, 0.1) is 5.41 Å². The van der Waals surface area contributed by atoms with Crippen LogP contribution in [-0.4, -0.2) is 18.5 Å². The van der Waals surface area contributed by atoms with Crippen LogP contribution in [-0.2, 0) is 4.79 Å². The van der Waals surface area contributed by atoms with Crippen molar-refractivity contribution in [3.8, 4) is 0 Å². The molecule has 2 rings (SSSR count). The maximum atomic E-state index is 10.9. The van der Waals surface area contributed by atoms with Gasteiger partial charge in [0.25, 0.3) is 0 Å². The van der Waals surface area contributed by atoms with E-state index in [2.05, 4.69) is 5.32 Å². The second-order valence-corrected chi connectivity index (χ2v) is 3.33. The van der Waals surface area contributed by atoms with Crippen molar-refractivity contribution in [1.29, 1.82) is 0 Å². The smallest absolute Gasteiger partial charge is 0.225 e. The molecule has 0 bridgehead atoms. The SMILES string of the molecule is NC(=O)C12CCCNC1C2. The summed E-state index contributed by atoms with van der Waals surface area (Å²) in [5.74, 6) is -0.107. The molecule has 0 aromatic rings. The molecule has 10 heavy (non-hydrogen) atoms. The van der Waals surface area contributed by atoms with Gasteiger partial charge in [-0.05, 0) is 25.8 Å². The summed E-state index contributed by atoms with van der Waals surface area (Å²) in [5, 5.41) is 3.28. The highest BCUT2D eigenvalue weighted by molar-refractivity contribution is 5.85. The summed E-state index contributed by atoms with van der Waals surface area (Å²) >= 11 is 0. The van der Waals surface area contributed by atoms with Gasteiger partial charge >= 0.3 is 0 Å². The zero-order valence-electron chi connectivity index (χ0n) is 5.89. The number of nitrogens with two attached hydrogens (primary N) is 1. The Morgan fingerprint density at radius 3 is 3.00 bits per heavy atom. The van der Waals surface area contributed by atoms with Crippen LogP contribution in [0.1, 0.15) is 19.3 Å².